The average Bonchev–Trinajstić information content (AvgIpc) is 3.27. The predicted molar refractivity (Wildman–Crippen MR) is 95.5 cm³/mol. The van der Waals surface area contributed by atoms with Gasteiger partial charge in [0.1, 0.15) is 5.60 Å². The first-order chi connectivity index (χ1) is 11.8. The summed E-state index contributed by atoms with van der Waals surface area (Å²) in [7, 11) is 1.43. The van der Waals surface area contributed by atoms with Crippen molar-refractivity contribution in [2.45, 2.75) is 45.6 Å². The van der Waals surface area contributed by atoms with E-state index in [9.17, 15) is 9.59 Å². The van der Waals surface area contributed by atoms with E-state index in [-0.39, 0.29) is 29.2 Å². The quantitative estimate of drug-likeness (QED) is 0.779. The van der Waals surface area contributed by atoms with Crippen LogP contribution < -0.4 is 0 Å². The number of ether oxygens (including phenoxy) is 2. The van der Waals surface area contributed by atoms with Crippen LogP contribution in [0.1, 0.15) is 45.6 Å². The lowest BCUT2D eigenvalue weighted by Gasteiger charge is -2.32. The number of carbonyl (C=O) groups is 2. The Bertz CT molecular complexity index is 698. The molecule has 0 radical (unpaired) electrons. The molecule has 4 nitrogen and oxygen atoms in total. The van der Waals surface area contributed by atoms with Crippen molar-refractivity contribution in [3.05, 3.63) is 42.0 Å². The number of allylic oxidation sites excluding steroid dienone is 2. The van der Waals surface area contributed by atoms with Gasteiger partial charge < -0.3 is 9.47 Å². The van der Waals surface area contributed by atoms with Crippen molar-refractivity contribution >= 4 is 17.5 Å². The minimum atomic E-state index is -0.501. The van der Waals surface area contributed by atoms with Crippen LogP contribution in [0, 0.1) is 17.3 Å². The highest BCUT2D eigenvalue weighted by molar-refractivity contribution is 5.87. The van der Waals surface area contributed by atoms with E-state index in [1.807, 2.05) is 39.0 Å². The molecule has 0 aromatic heterocycles. The van der Waals surface area contributed by atoms with Crippen molar-refractivity contribution in [3.63, 3.8) is 0 Å². The summed E-state index contributed by atoms with van der Waals surface area (Å²) in [6.07, 6.45) is 4.15. The van der Waals surface area contributed by atoms with Gasteiger partial charge in [-0.25, -0.2) is 0 Å². The maximum atomic E-state index is 12.6. The lowest BCUT2D eigenvalue weighted by atomic mass is 9.74. The van der Waals surface area contributed by atoms with E-state index in [4.69, 9.17) is 9.47 Å². The Kier molecular flexibility index (Phi) is 4.48. The van der Waals surface area contributed by atoms with Gasteiger partial charge in [0, 0.05) is 5.41 Å². The average molecular weight is 342 g/mol. The zero-order valence-corrected chi connectivity index (χ0v) is 15.4. The molecular weight excluding hydrogens is 316 g/mol. The van der Waals surface area contributed by atoms with Gasteiger partial charge in [0.25, 0.3) is 0 Å². The molecular formula is C21H26O4. The maximum Gasteiger partial charge on any atom is 0.309 e. The van der Waals surface area contributed by atoms with Gasteiger partial charge in [0.2, 0.25) is 0 Å². The molecule has 1 spiro atoms. The third kappa shape index (κ3) is 3.48. The molecule has 0 heterocycles. The first-order valence-corrected chi connectivity index (χ1v) is 8.83. The van der Waals surface area contributed by atoms with Crippen LogP contribution in [0.4, 0.5) is 0 Å². The Labute approximate surface area is 149 Å². The first kappa shape index (κ1) is 17.7. The van der Waals surface area contributed by atoms with Crippen molar-refractivity contribution in [1.82, 2.24) is 0 Å². The fourth-order valence-corrected chi connectivity index (χ4v) is 3.96. The normalized spacial score (nSPS) is 28.2. The van der Waals surface area contributed by atoms with Crippen molar-refractivity contribution in [2.24, 2.45) is 17.3 Å². The summed E-state index contributed by atoms with van der Waals surface area (Å²) in [5, 5.41) is 0. The summed E-state index contributed by atoms with van der Waals surface area (Å²) in [5.41, 5.74) is 1.49. The Morgan fingerprint density at radius 1 is 1.08 bits per heavy atom. The number of benzene rings is 1. The molecule has 1 fully saturated rings. The summed E-state index contributed by atoms with van der Waals surface area (Å²) in [6, 6.07) is 10.1. The molecule has 0 saturated heterocycles. The SMILES string of the molecule is COC(=O)[C@@H]1C[C@@]12C[C@H](C(=O)OC(C)(C)C)CC=C2c1ccccc1. The molecule has 2 aliphatic rings. The van der Waals surface area contributed by atoms with Crippen LogP contribution in [0.2, 0.25) is 0 Å². The second-order valence-corrected chi connectivity index (χ2v) is 8.09. The van der Waals surface area contributed by atoms with Gasteiger partial charge in [-0.1, -0.05) is 36.4 Å². The predicted octanol–water partition coefficient (Wildman–Crippen LogP) is 4.00. The highest BCUT2D eigenvalue weighted by Gasteiger charge is 2.63. The van der Waals surface area contributed by atoms with Gasteiger partial charge in [-0.15, -0.1) is 0 Å². The summed E-state index contributed by atoms with van der Waals surface area (Å²) in [6.45, 7) is 5.63. The van der Waals surface area contributed by atoms with Gasteiger partial charge >= 0.3 is 11.9 Å². The summed E-state index contributed by atoms with van der Waals surface area (Å²) >= 11 is 0. The summed E-state index contributed by atoms with van der Waals surface area (Å²) in [5.74, 6) is -0.743. The largest absolute Gasteiger partial charge is 0.469 e. The van der Waals surface area contributed by atoms with Gasteiger partial charge in [0.15, 0.2) is 0 Å². The number of esters is 2. The highest BCUT2D eigenvalue weighted by Crippen LogP contribution is 2.66. The molecule has 1 aromatic carbocycles. The molecule has 0 aliphatic heterocycles. The summed E-state index contributed by atoms with van der Waals surface area (Å²) < 4.78 is 10.6. The van der Waals surface area contributed by atoms with Crippen molar-refractivity contribution in [1.29, 1.82) is 0 Å². The Hall–Kier alpha value is -2.10. The lowest BCUT2D eigenvalue weighted by molar-refractivity contribution is -0.161. The van der Waals surface area contributed by atoms with E-state index >= 15 is 0 Å². The second kappa shape index (κ2) is 6.32. The van der Waals surface area contributed by atoms with Gasteiger partial charge in [-0.2, -0.15) is 0 Å². The smallest absolute Gasteiger partial charge is 0.309 e. The third-order valence-corrected chi connectivity index (χ3v) is 5.14. The van der Waals surface area contributed by atoms with Crippen LogP contribution in [-0.4, -0.2) is 24.6 Å². The Morgan fingerprint density at radius 3 is 2.36 bits per heavy atom. The van der Waals surface area contributed by atoms with E-state index in [0.717, 1.165) is 12.0 Å². The third-order valence-electron chi connectivity index (χ3n) is 5.14. The number of hydrogen-bond acceptors (Lipinski definition) is 4. The van der Waals surface area contributed by atoms with Crippen LogP contribution in [0.3, 0.4) is 0 Å². The van der Waals surface area contributed by atoms with Crippen LogP contribution in [0.25, 0.3) is 5.57 Å². The van der Waals surface area contributed by atoms with Crippen molar-refractivity contribution < 1.29 is 19.1 Å². The molecule has 3 atom stereocenters. The lowest BCUT2D eigenvalue weighted by Crippen LogP contribution is -2.32. The molecule has 0 bridgehead atoms. The van der Waals surface area contributed by atoms with E-state index in [0.29, 0.717) is 12.8 Å². The molecule has 2 aliphatic carbocycles. The topological polar surface area (TPSA) is 52.6 Å². The van der Waals surface area contributed by atoms with Crippen molar-refractivity contribution in [3.8, 4) is 0 Å². The molecule has 3 rings (SSSR count). The molecule has 1 aromatic rings. The minimum Gasteiger partial charge on any atom is -0.469 e. The molecule has 0 unspecified atom stereocenters. The van der Waals surface area contributed by atoms with Crippen molar-refractivity contribution in [2.75, 3.05) is 7.11 Å². The number of hydrogen-bond donors (Lipinski definition) is 0. The van der Waals surface area contributed by atoms with Crippen LogP contribution >= 0.6 is 0 Å². The number of methoxy groups -OCH3 is 1. The summed E-state index contributed by atoms with van der Waals surface area (Å²) in [4.78, 5) is 24.7. The zero-order chi connectivity index (χ0) is 18.2. The van der Waals surface area contributed by atoms with Crippen LogP contribution in [-0.2, 0) is 19.1 Å². The molecule has 1 saturated carbocycles. The van der Waals surface area contributed by atoms with Crippen LogP contribution in [0.15, 0.2) is 36.4 Å². The Balaban J connectivity index is 1.89. The van der Waals surface area contributed by atoms with Gasteiger partial charge in [-0.3, -0.25) is 9.59 Å². The fourth-order valence-electron chi connectivity index (χ4n) is 3.96. The van der Waals surface area contributed by atoms with Gasteiger partial charge in [0.05, 0.1) is 18.9 Å². The van der Waals surface area contributed by atoms with Crippen LogP contribution in [0.5, 0.6) is 0 Å². The fraction of sp³-hybridized carbons (Fsp3) is 0.524. The number of carbonyl (C=O) groups excluding carboxylic acids is 2. The highest BCUT2D eigenvalue weighted by atomic mass is 16.6. The minimum absolute atomic E-state index is 0.172. The zero-order valence-electron chi connectivity index (χ0n) is 15.4. The van der Waals surface area contributed by atoms with Gasteiger partial charge in [-0.05, 0) is 51.2 Å². The molecule has 0 N–H and O–H groups in total. The van der Waals surface area contributed by atoms with E-state index in [2.05, 4.69) is 18.2 Å². The van der Waals surface area contributed by atoms with E-state index in [1.54, 1.807) is 0 Å². The molecule has 134 valence electrons. The van der Waals surface area contributed by atoms with E-state index in [1.165, 1.54) is 12.7 Å². The monoisotopic (exact) mass is 342 g/mol. The molecule has 0 amide bonds. The molecule has 4 heteroatoms. The number of rotatable bonds is 3. The molecule has 25 heavy (non-hydrogen) atoms. The second-order valence-electron chi connectivity index (χ2n) is 8.09. The standard InChI is InChI=1S/C21H26O4/c1-20(2,3)25-18(22)15-10-11-16(14-8-6-5-7-9-14)21(12-15)13-17(21)19(23)24-4/h5-9,11,15,17H,10,12-13H2,1-4H3/t15-,17+,21-/m1/s1. The maximum absolute atomic E-state index is 12.6. The first-order valence-electron chi connectivity index (χ1n) is 8.83. The Morgan fingerprint density at radius 2 is 1.76 bits per heavy atom. The van der Waals surface area contributed by atoms with E-state index < -0.39 is 5.60 Å².